The fourth-order valence-corrected chi connectivity index (χ4v) is 4.44. The number of ketones is 1. The minimum absolute atomic E-state index is 0.0146. The van der Waals surface area contributed by atoms with Gasteiger partial charge in [0.1, 0.15) is 19.0 Å². The Morgan fingerprint density at radius 2 is 1.84 bits per heavy atom. The summed E-state index contributed by atoms with van der Waals surface area (Å²) in [5.41, 5.74) is 2.14. The topological polar surface area (TPSA) is 89.0 Å². The number of rotatable bonds is 3. The van der Waals surface area contributed by atoms with Crippen LogP contribution in [0.1, 0.15) is 22.7 Å². The van der Waals surface area contributed by atoms with E-state index in [1.54, 1.807) is 29.8 Å². The lowest BCUT2D eigenvalue weighted by molar-refractivity contribution is -0.132. The number of aromatic nitrogens is 1. The number of anilines is 1. The monoisotopic (exact) mass is 434 g/mol. The normalized spacial score (nSPS) is 19.6. The number of carbonyl (C=O) groups is 2. The molecule has 2 aliphatic heterocycles. The number of hydrogen-bond acceptors (Lipinski definition) is 7. The van der Waals surface area contributed by atoms with E-state index in [1.807, 2.05) is 31.2 Å². The number of aryl methyl sites for hydroxylation is 1. The van der Waals surface area contributed by atoms with Crippen molar-refractivity contribution in [2.24, 2.45) is 0 Å². The maximum Gasteiger partial charge on any atom is 0.301 e. The number of thiazole rings is 1. The first-order valence-corrected chi connectivity index (χ1v) is 10.6. The highest BCUT2D eigenvalue weighted by Crippen LogP contribution is 2.43. The van der Waals surface area contributed by atoms with Gasteiger partial charge in [0, 0.05) is 17.1 Å². The third-order valence-corrected chi connectivity index (χ3v) is 6.05. The van der Waals surface area contributed by atoms with E-state index in [1.165, 1.54) is 16.2 Å². The van der Waals surface area contributed by atoms with Crippen molar-refractivity contribution in [3.63, 3.8) is 0 Å². The van der Waals surface area contributed by atoms with Gasteiger partial charge in [0.2, 0.25) is 0 Å². The number of hydrogen-bond donors (Lipinski definition) is 1. The van der Waals surface area contributed by atoms with E-state index in [9.17, 15) is 14.7 Å². The van der Waals surface area contributed by atoms with Crippen LogP contribution in [0.5, 0.6) is 11.5 Å². The highest BCUT2D eigenvalue weighted by molar-refractivity contribution is 7.14. The molecule has 3 heterocycles. The number of aliphatic hydroxyl groups is 1. The summed E-state index contributed by atoms with van der Waals surface area (Å²) in [5, 5.41) is 13.3. The quantitative estimate of drug-likeness (QED) is 0.383. The first kappa shape index (κ1) is 19.3. The van der Waals surface area contributed by atoms with E-state index in [-0.39, 0.29) is 11.3 Å². The van der Waals surface area contributed by atoms with E-state index in [2.05, 4.69) is 4.98 Å². The summed E-state index contributed by atoms with van der Waals surface area (Å²) in [5.74, 6) is -0.690. The van der Waals surface area contributed by atoms with Crippen LogP contribution in [-0.2, 0) is 9.59 Å². The van der Waals surface area contributed by atoms with Crippen molar-refractivity contribution in [2.45, 2.75) is 13.0 Å². The Hall–Kier alpha value is -3.65. The van der Waals surface area contributed by atoms with Crippen LogP contribution < -0.4 is 14.4 Å². The van der Waals surface area contributed by atoms with Gasteiger partial charge in [0.05, 0.1) is 11.6 Å². The van der Waals surface area contributed by atoms with Crippen LogP contribution in [0.25, 0.3) is 5.76 Å². The zero-order chi connectivity index (χ0) is 21.5. The molecule has 1 fully saturated rings. The molecule has 8 heteroatoms. The van der Waals surface area contributed by atoms with Gasteiger partial charge in [-0.25, -0.2) is 4.98 Å². The van der Waals surface area contributed by atoms with Gasteiger partial charge < -0.3 is 14.6 Å². The van der Waals surface area contributed by atoms with Crippen molar-refractivity contribution >= 4 is 33.9 Å². The average molecular weight is 434 g/mol. The van der Waals surface area contributed by atoms with E-state index >= 15 is 0 Å². The maximum absolute atomic E-state index is 13.1. The molecule has 1 atom stereocenters. The SMILES string of the molecule is Cc1ccc([C@H]2C(=C(O)c3ccc4c(c3)OCCO4)C(=O)C(=O)N2c2nccs2)cc1. The van der Waals surface area contributed by atoms with Gasteiger partial charge in [-0.15, -0.1) is 11.3 Å². The molecule has 0 radical (unpaired) electrons. The van der Waals surface area contributed by atoms with Gasteiger partial charge >= 0.3 is 5.91 Å². The second-order valence-electron chi connectivity index (χ2n) is 7.25. The molecule has 1 amide bonds. The lowest BCUT2D eigenvalue weighted by Crippen LogP contribution is -2.29. The number of fused-ring (bicyclic) bond motifs is 1. The van der Waals surface area contributed by atoms with E-state index < -0.39 is 17.7 Å². The zero-order valence-electron chi connectivity index (χ0n) is 16.6. The first-order chi connectivity index (χ1) is 15.0. The van der Waals surface area contributed by atoms with Gasteiger partial charge in [0.25, 0.3) is 5.78 Å². The fraction of sp³-hybridized carbons (Fsp3) is 0.174. The molecule has 1 aromatic heterocycles. The Kier molecular flexibility index (Phi) is 4.71. The molecule has 31 heavy (non-hydrogen) atoms. The van der Waals surface area contributed by atoms with Crippen LogP contribution in [0, 0.1) is 6.92 Å². The molecule has 2 aromatic carbocycles. The van der Waals surface area contributed by atoms with Crippen molar-refractivity contribution in [3.05, 3.63) is 76.3 Å². The summed E-state index contributed by atoms with van der Waals surface area (Å²) in [6, 6.07) is 11.7. The summed E-state index contributed by atoms with van der Waals surface area (Å²) in [6.45, 7) is 2.80. The molecule has 5 rings (SSSR count). The molecule has 0 saturated carbocycles. The van der Waals surface area contributed by atoms with Gasteiger partial charge in [-0.1, -0.05) is 29.8 Å². The lowest BCUT2D eigenvalue weighted by Gasteiger charge is -2.23. The third-order valence-electron chi connectivity index (χ3n) is 5.28. The summed E-state index contributed by atoms with van der Waals surface area (Å²) >= 11 is 1.26. The first-order valence-electron chi connectivity index (χ1n) is 9.71. The van der Waals surface area contributed by atoms with Gasteiger partial charge in [-0.3, -0.25) is 14.5 Å². The number of ether oxygens (including phenoxy) is 2. The van der Waals surface area contributed by atoms with Crippen molar-refractivity contribution in [1.29, 1.82) is 0 Å². The molecule has 0 bridgehead atoms. The van der Waals surface area contributed by atoms with E-state index in [0.29, 0.717) is 41.0 Å². The molecule has 3 aromatic rings. The molecular weight excluding hydrogens is 416 g/mol. The van der Waals surface area contributed by atoms with Crippen LogP contribution in [-0.4, -0.2) is 35.0 Å². The Morgan fingerprint density at radius 1 is 1.10 bits per heavy atom. The van der Waals surface area contributed by atoms with Crippen molar-refractivity contribution in [3.8, 4) is 11.5 Å². The van der Waals surface area contributed by atoms with Crippen molar-refractivity contribution in [2.75, 3.05) is 18.1 Å². The second-order valence-corrected chi connectivity index (χ2v) is 8.13. The molecule has 1 N–H and O–H groups in total. The molecule has 2 aliphatic rings. The smallest absolute Gasteiger partial charge is 0.301 e. The van der Waals surface area contributed by atoms with Crippen molar-refractivity contribution < 1.29 is 24.2 Å². The highest BCUT2D eigenvalue weighted by atomic mass is 32.1. The Labute approximate surface area is 182 Å². The summed E-state index contributed by atoms with van der Waals surface area (Å²) < 4.78 is 11.1. The van der Waals surface area contributed by atoms with Crippen LogP contribution in [0.4, 0.5) is 5.13 Å². The van der Waals surface area contributed by atoms with Gasteiger partial charge in [-0.05, 0) is 30.7 Å². The highest BCUT2D eigenvalue weighted by Gasteiger charge is 2.48. The van der Waals surface area contributed by atoms with Gasteiger partial charge in [-0.2, -0.15) is 0 Å². The minimum atomic E-state index is -0.792. The minimum Gasteiger partial charge on any atom is -0.507 e. The van der Waals surface area contributed by atoms with Crippen LogP contribution in [0.2, 0.25) is 0 Å². The Bertz CT molecular complexity index is 1200. The fourth-order valence-electron chi connectivity index (χ4n) is 3.78. The third kappa shape index (κ3) is 3.25. The summed E-state index contributed by atoms with van der Waals surface area (Å²) in [6.07, 6.45) is 1.58. The molecular formula is C23H18N2O5S. The van der Waals surface area contributed by atoms with Crippen molar-refractivity contribution in [1.82, 2.24) is 4.98 Å². The average Bonchev–Trinajstić information content (AvgIpc) is 3.40. The second kappa shape index (κ2) is 7.55. The number of aliphatic hydroxyl groups excluding tert-OH is 1. The predicted octanol–water partition coefficient (Wildman–Crippen LogP) is 3.85. The molecule has 156 valence electrons. The largest absolute Gasteiger partial charge is 0.507 e. The number of carbonyl (C=O) groups excluding carboxylic acids is 2. The number of benzene rings is 2. The number of amides is 1. The maximum atomic E-state index is 13.1. The Balaban J connectivity index is 1.68. The molecule has 0 spiro atoms. The number of nitrogens with zero attached hydrogens (tertiary/aromatic N) is 2. The van der Waals surface area contributed by atoms with E-state index in [4.69, 9.17) is 9.47 Å². The Morgan fingerprint density at radius 3 is 2.55 bits per heavy atom. The molecule has 7 nitrogen and oxygen atoms in total. The molecule has 1 saturated heterocycles. The van der Waals surface area contributed by atoms with E-state index in [0.717, 1.165) is 5.56 Å². The summed E-state index contributed by atoms with van der Waals surface area (Å²) in [4.78, 5) is 31.6. The predicted molar refractivity (Wildman–Crippen MR) is 116 cm³/mol. The molecule has 0 aliphatic carbocycles. The molecule has 0 unspecified atom stereocenters. The lowest BCUT2D eigenvalue weighted by atomic mass is 9.94. The van der Waals surface area contributed by atoms with Crippen LogP contribution in [0.3, 0.4) is 0 Å². The number of Topliss-reactive ketones (excluding diaryl/α,β-unsaturated/α-hetero) is 1. The summed E-state index contributed by atoms with van der Waals surface area (Å²) in [7, 11) is 0. The zero-order valence-corrected chi connectivity index (χ0v) is 17.4. The van der Waals surface area contributed by atoms with Crippen LogP contribution >= 0.6 is 11.3 Å². The standard InChI is InChI=1S/C23H18N2O5S/c1-13-2-4-14(5-3-13)19-18(21(27)22(28)25(19)23-24-8-11-31-23)20(26)15-6-7-16-17(12-15)30-10-9-29-16/h2-8,11-12,19,26H,9-10H2,1H3/t19-/m0/s1. The van der Waals surface area contributed by atoms with Gasteiger partial charge in [0.15, 0.2) is 16.6 Å². The van der Waals surface area contributed by atoms with Crippen LogP contribution in [0.15, 0.2) is 59.6 Å².